The van der Waals surface area contributed by atoms with Crippen molar-refractivity contribution in [3.63, 3.8) is 0 Å². The van der Waals surface area contributed by atoms with Gasteiger partial charge in [0.2, 0.25) is 0 Å². The summed E-state index contributed by atoms with van der Waals surface area (Å²) in [6.45, 7) is 0. The number of ether oxygens (including phenoxy) is 1. The van der Waals surface area contributed by atoms with Gasteiger partial charge in [0.05, 0.1) is 0 Å². The maximum Gasteiger partial charge on any atom is 0.341 e. The Kier molecular flexibility index (Phi) is 0.596. The molecule has 9 heavy (non-hydrogen) atoms. The van der Waals surface area contributed by atoms with Crippen LogP contribution in [0.4, 0.5) is 17.6 Å². The van der Waals surface area contributed by atoms with Crippen LogP contribution >= 0.6 is 0 Å². The number of alkyl halides is 4. The van der Waals surface area contributed by atoms with Crippen molar-refractivity contribution in [1.29, 1.82) is 0 Å². The van der Waals surface area contributed by atoms with Crippen LogP contribution in [0.25, 0.3) is 0 Å². The highest BCUT2D eigenvalue weighted by Gasteiger charge is 2.89. The van der Waals surface area contributed by atoms with Gasteiger partial charge in [0.15, 0.2) is 12.2 Å². The van der Waals surface area contributed by atoms with Crippen LogP contribution in [0, 0.1) is 0 Å². The van der Waals surface area contributed by atoms with Crippen LogP contribution in [-0.2, 0) is 4.74 Å². The van der Waals surface area contributed by atoms with Gasteiger partial charge in [0.1, 0.15) is 0 Å². The van der Waals surface area contributed by atoms with Crippen molar-refractivity contribution in [2.75, 3.05) is 0 Å². The molecular weight excluding hydrogens is 140 g/mol. The van der Waals surface area contributed by atoms with Crippen LogP contribution in [0.2, 0.25) is 0 Å². The first kappa shape index (κ1) is 5.46. The van der Waals surface area contributed by atoms with Crippen LogP contribution in [0.1, 0.15) is 0 Å². The molecule has 0 aromatic carbocycles. The molecule has 5 heteroatoms. The van der Waals surface area contributed by atoms with E-state index < -0.39 is 24.1 Å². The lowest BCUT2D eigenvalue weighted by molar-refractivity contribution is -0.247. The molecule has 0 aromatic rings. The molecule has 0 aromatic heterocycles. The normalized spacial score (nSPS) is 49.3. The second-order valence-corrected chi connectivity index (χ2v) is 2.22. The van der Waals surface area contributed by atoms with Crippen molar-refractivity contribution in [1.82, 2.24) is 0 Å². The third kappa shape index (κ3) is 0.348. The van der Waals surface area contributed by atoms with Gasteiger partial charge in [-0.15, -0.1) is 0 Å². The maximum atomic E-state index is 11.9. The summed E-state index contributed by atoms with van der Waals surface area (Å²) in [4.78, 5) is 0. The summed E-state index contributed by atoms with van der Waals surface area (Å²) < 4.78 is 51.5. The molecule has 0 amide bonds. The fourth-order valence-corrected chi connectivity index (χ4v) is 0.947. The predicted molar refractivity (Wildman–Crippen MR) is 18.6 cm³/mol. The zero-order chi connectivity index (χ0) is 6.86. The third-order valence-corrected chi connectivity index (χ3v) is 1.65. The fraction of sp³-hybridized carbons (Fsp3) is 1.00. The highest BCUT2D eigenvalue weighted by Crippen LogP contribution is 2.63. The SMILES string of the molecule is FC1(F)[C@@H]2O[C@@H]2C1(F)F. The number of rotatable bonds is 0. The lowest BCUT2D eigenvalue weighted by Crippen LogP contribution is -2.59. The molecule has 1 aliphatic heterocycles. The zero-order valence-electron chi connectivity index (χ0n) is 4.07. The summed E-state index contributed by atoms with van der Waals surface area (Å²) in [5, 5.41) is 0. The summed E-state index contributed by atoms with van der Waals surface area (Å²) in [5.74, 6) is -7.81. The second kappa shape index (κ2) is 0.982. The minimum Gasteiger partial charge on any atom is -0.356 e. The van der Waals surface area contributed by atoms with Crippen LogP contribution in [0.15, 0.2) is 0 Å². The molecule has 2 atom stereocenters. The monoisotopic (exact) mass is 142 g/mol. The molecule has 0 radical (unpaired) electrons. The number of fused-ring (bicyclic) bond motifs is 1. The topological polar surface area (TPSA) is 12.5 Å². The number of halogens is 4. The molecule has 1 saturated carbocycles. The van der Waals surface area contributed by atoms with Crippen molar-refractivity contribution < 1.29 is 22.3 Å². The number of epoxide rings is 1. The highest BCUT2D eigenvalue weighted by atomic mass is 19.3. The average Bonchev–Trinajstić information content (AvgIpc) is 2.38. The van der Waals surface area contributed by atoms with Crippen LogP contribution < -0.4 is 0 Å². The summed E-state index contributed by atoms with van der Waals surface area (Å²) in [6, 6.07) is 0. The molecule has 52 valence electrons. The zero-order valence-corrected chi connectivity index (χ0v) is 4.07. The van der Waals surface area contributed by atoms with E-state index in [0.717, 1.165) is 0 Å². The van der Waals surface area contributed by atoms with Gasteiger partial charge in [-0.25, -0.2) is 0 Å². The standard InChI is InChI=1S/C4H2F4O/c5-3(6)1-2(9-1)4(3,7)8/h1-2H/t1-,2+. The summed E-state index contributed by atoms with van der Waals surface area (Å²) in [7, 11) is 0. The molecule has 1 saturated heterocycles. The first-order valence-electron chi connectivity index (χ1n) is 2.39. The smallest absolute Gasteiger partial charge is 0.341 e. The molecule has 1 heterocycles. The van der Waals surface area contributed by atoms with Gasteiger partial charge in [0, 0.05) is 0 Å². The van der Waals surface area contributed by atoms with E-state index in [4.69, 9.17) is 0 Å². The molecule has 1 nitrogen and oxygen atoms in total. The van der Waals surface area contributed by atoms with Crippen molar-refractivity contribution in [2.45, 2.75) is 24.1 Å². The fourth-order valence-electron chi connectivity index (χ4n) is 0.947. The first-order valence-corrected chi connectivity index (χ1v) is 2.39. The first-order chi connectivity index (χ1) is 3.98. The molecule has 0 N–H and O–H groups in total. The largest absolute Gasteiger partial charge is 0.356 e. The predicted octanol–water partition coefficient (Wildman–Crippen LogP) is 1.04. The van der Waals surface area contributed by atoms with Gasteiger partial charge in [0.25, 0.3) is 0 Å². The molecule has 2 aliphatic rings. The molecule has 2 fully saturated rings. The Morgan fingerprint density at radius 1 is 0.889 bits per heavy atom. The van der Waals surface area contributed by atoms with E-state index in [9.17, 15) is 17.6 Å². The van der Waals surface area contributed by atoms with Gasteiger partial charge < -0.3 is 4.74 Å². The van der Waals surface area contributed by atoms with Gasteiger partial charge in [-0.05, 0) is 0 Å². The Balaban J connectivity index is 2.29. The lowest BCUT2D eigenvalue weighted by atomic mass is 9.90. The van der Waals surface area contributed by atoms with E-state index in [1.54, 1.807) is 0 Å². The average molecular weight is 142 g/mol. The lowest BCUT2D eigenvalue weighted by Gasteiger charge is -2.30. The molecule has 1 aliphatic carbocycles. The van der Waals surface area contributed by atoms with Gasteiger partial charge in [-0.1, -0.05) is 0 Å². The van der Waals surface area contributed by atoms with E-state index >= 15 is 0 Å². The van der Waals surface area contributed by atoms with Crippen LogP contribution in [-0.4, -0.2) is 24.1 Å². The molecule has 0 spiro atoms. The minimum absolute atomic E-state index is 1.49. The maximum absolute atomic E-state index is 11.9. The van der Waals surface area contributed by atoms with Crippen molar-refractivity contribution in [3.8, 4) is 0 Å². The van der Waals surface area contributed by atoms with Crippen LogP contribution in [0.3, 0.4) is 0 Å². The number of hydrogen-bond acceptors (Lipinski definition) is 1. The molecular formula is C4H2F4O. The number of hydrogen-bond donors (Lipinski definition) is 0. The summed E-state index contributed by atoms with van der Waals surface area (Å²) in [5.41, 5.74) is 0. The van der Waals surface area contributed by atoms with E-state index in [2.05, 4.69) is 4.74 Å². The van der Waals surface area contributed by atoms with Gasteiger partial charge >= 0.3 is 11.8 Å². The molecule has 0 unspecified atom stereocenters. The minimum atomic E-state index is -3.91. The van der Waals surface area contributed by atoms with E-state index in [1.165, 1.54) is 0 Å². The Bertz CT molecular complexity index is 148. The summed E-state index contributed by atoms with van der Waals surface area (Å²) in [6.07, 6.45) is -2.99. The van der Waals surface area contributed by atoms with Gasteiger partial charge in [-0.2, -0.15) is 17.6 Å². The molecule has 0 bridgehead atoms. The Morgan fingerprint density at radius 2 is 1.22 bits per heavy atom. The van der Waals surface area contributed by atoms with E-state index in [-0.39, 0.29) is 0 Å². The highest BCUT2D eigenvalue weighted by molar-refractivity contribution is 5.22. The van der Waals surface area contributed by atoms with Crippen molar-refractivity contribution in [3.05, 3.63) is 0 Å². The Morgan fingerprint density at radius 3 is 1.33 bits per heavy atom. The van der Waals surface area contributed by atoms with Gasteiger partial charge in [-0.3, -0.25) is 0 Å². The van der Waals surface area contributed by atoms with Crippen molar-refractivity contribution in [2.24, 2.45) is 0 Å². The van der Waals surface area contributed by atoms with Crippen molar-refractivity contribution >= 4 is 0 Å². The Labute approximate surface area is 47.6 Å². The molecule has 2 rings (SSSR count). The van der Waals surface area contributed by atoms with E-state index in [0.29, 0.717) is 0 Å². The van der Waals surface area contributed by atoms with Crippen LogP contribution in [0.5, 0.6) is 0 Å². The summed E-state index contributed by atoms with van der Waals surface area (Å²) >= 11 is 0. The third-order valence-electron chi connectivity index (χ3n) is 1.65. The quantitative estimate of drug-likeness (QED) is 0.363. The van der Waals surface area contributed by atoms with E-state index in [1.807, 2.05) is 0 Å². The second-order valence-electron chi connectivity index (χ2n) is 2.22. The Hall–Kier alpha value is -0.320.